The van der Waals surface area contributed by atoms with Crippen molar-refractivity contribution in [2.75, 3.05) is 13.1 Å². The summed E-state index contributed by atoms with van der Waals surface area (Å²) >= 11 is 0. The van der Waals surface area contributed by atoms with Crippen LogP contribution in [0.4, 0.5) is 0 Å². The highest BCUT2D eigenvalue weighted by atomic mass is 15.2. The van der Waals surface area contributed by atoms with Gasteiger partial charge in [0.2, 0.25) is 0 Å². The zero-order valence-electron chi connectivity index (χ0n) is 9.66. The molecule has 82 valence electrons. The van der Waals surface area contributed by atoms with Gasteiger partial charge in [-0.05, 0) is 18.9 Å². The fourth-order valence-corrected chi connectivity index (χ4v) is 2.25. The van der Waals surface area contributed by atoms with E-state index in [9.17, 15) is 0 Å². The van der Waals surface area contributed by atoms with Crippen molar-refractivity contribution in [3.8, 4) is 0 Å². The second-order valence-electron chi connectivity index (χ2n) is 4.85. The Bertz CT molecular complexity index is 340. The minimum Gasteiger partial charge on any atom is -0.323 e. The van der Waals surface area contributed by atoms with Crippen LogP contribution in [0.15, 0.2) is 24.3 Å². The predicted octanol–water partition coefficient (Wildman–Crippen LogP) is 1.92. The van der Waals surface area contributed by atoms with Crippen molar-refractivity contribution >= 4 is 0 Å². The summed E-state index contributed by atoms with van der Waals surface area (Å²) in [4.78, 5) is 2.41. The normalized spacial score (nSPS) is 19.9. The molecule has 1 aromatic rings. The molecule has 1 fully saturated rings. The van der Waals surface area contributed by atoms with Gasteiger partial charge in [-0.15, -0.1) is 0 Å². The van der Waals surface area contributed by atoms with E-state index in [1.54, 1.807) is 0 Å². The first-order valence-corrected chi connectivity index (χ1v) is 5.68. The lowest BCUT2D eigenvalue weighted by Gasteiger charge is -2.47. The van der Waals surface area contributed by atoms with Gasteiger partial charge in [-0.2, -0.15) is 0 Å². The molecule has 2 heteroatoms. The van der Waals surface area contributed by atoms with Gasteiger partial charge in [0.25, 0.3) is 0 Å². The van der Waals surface area contributed by atoms with Gasteiger partial charge in [-0.3, -0.25) is 4.90 Å². The number of benzene rings is 1. The molecule has 1 aliphatic rings. The maximum Gasteiger partial charge on any atom is 0.0410 e. The Balaban J connectivity index is 1.90. The monoisotopic (exact) mass is 204 g/mol. The molecular weight excluding hydrogens is 184 g/mol. The van der Waals surface area contributed by atoms with Gasteiger partial charge in [0.05, 0.1) is 0 Å². The summed E-state index contributed by atoms with van der Waals surface area (Å²) in [5.41, 5.74) is 8.95. The van der Waals surface area contributed by atoms with Crippen molar-refractivity contribution in [2.24, 2.45) is 5.73 Å². The Morgan fingerprint density at radius 1 is 1.40 bits per heavy atom. The minimum atomic E-state index is 0.0871. The van der Waals surface area contributed by atoms with Crippen LogP contribution in [-0.4, -0.2) is 23.5 Å². The highest BCUT2D eigenvalue weighted by Crippen LogP contribution is 2.23. The molecule has 0 atom stereocenters. The number of hydrogen-bond acceptors (Lipinski definition) is 2. The molecule has 0 aliphatic carbocycles. The number of rotatable bonds is 3. The van der Waals surface area contributed by atoms with Gasteiger partial charge in [0.1, 0.15) is 0 Å². The van der Waals surface area contributed by atoms with Crippen molar-refractivity contribution in [1.29, 1.82) is 0 Å². The third kappa shape index (κ3) is 2.39. The van der Waals surface area contributed by atoms with Crippen molar-refractivity contribution in [3.63, 3.8) is 0 Å². The van der Waals surface area contributed by atoms with E-state index in [1.807, 2.05) is 0 Å². The van der Waals surface area contributed by atoms with E-state index in [0.29, 0.717) is 0 Å². The third-order valence-electron chi connectivity index (χ3n) is 3.27. The molecular formula is C13H20N2. The molecule has 0 radical (unpaired) electrons. The molecule has 0 unspecified atom stereocenters. The van der Waals surface area contributed by atoms with Crippen LogP contribution in [0, 0.1) is 6.92 Å². The van der Waals surface area contributed by atoms with Crippen LogP contribution in [0.5, 0.6) is 0 Å². The van der Waals surface area contributed by atoms with Gasteiger partial charge in [0.15, 0.2) is 0 Å². The van der Waals surface area contributed by atoms with Crippen LogP contribution in [0.25, 0.3) is 0 Å². The summed E-state index contributed by atoms with van der Waals surface area (Å²) < 4.78 is 0. The summed E-state index contributed by atoms with van der Waals surface area (Å²) in [6, 6.07) is 8.71. The molecule has 0 bridgehead atoms. The Morgan fingerprint density at radius 2 is 2.13 bits per heavy atom. The lowest BCUT2D eigenvalue weighted by molar-refractivity contribution is 0.0607. The molecule has 1 aliphatic heterocycles. The van der Waals surface area contributed by atoms with Crippen LogP contribution in [0.1, 0.15) is 24.5 Å². The lowest BCUT2D eigenvalue weighted by atomic mass is 9.88. The van der Waals surface area contributed by atoms with E-state index in [4.69, 9.17) is 5.73 Å². The number of aryl methyl sites for hydroxylation is 1. The topological polar surface area (TPSA) is 29.3 Å². The molecule has 0 amide bonds. The predicted molar refractivity (Wildman–Crippen MR) is 63.7 cm³/mol. The molecule has 1 saturated heterocycles. The first kappa shape index (κ1) is 10.7. The molecule has 2 nitrogen and oxygen atoms in total. The van der Waals surface area contributed by atoms with Crippen LogP contribution in [-0.2, 0) is 6.54 Å². The van der Waals surface area contributed by atoms with Crippen LogP contribution in [0.3, 0.4) is 0 Å². The first-order chi connectivity index (χ1) is 7.11. The quantitative estimate of drug-likeness (QED) is 0.815. The zero-order valence-corrected chi connectivity index (χ0v) is 9.66. The summed E-state index contributed by atoms with van der Waals surface area (Å²) in [6.07, 6.45) is 1.08. The smallest absolute Gasteiger partial charge is 0.0410 e. The van der Waals surface area contributed by atoms with Gasteiger partial charge in [0, 0.05) is 25.2 Å². The second-order valence-corrected chi connectivity index (χ2v) is 4.85. The highest BCUT2D eigenvalue weighted by molar-refractivity contribution is 5.22. The Labute approximate surface area is 92.1 Å². The van der Waals surface area contributed by atoms with Gasteiger partial charge >= 0.3 is 0 Å². The van der Waals surface area contributed by atoms with Crippen LogP contribution in [0.2, 0.25) is 0 Å². The zero-order chi connectivity index (χ0) is 10.9. The number of nitrogens with two attached hydrogens (primary N) is 1. The number of hydrogen-bond donors (Lipinski definition) is 1. The maximum absolute atomic E-state index is 6.13. The molecule has 2 rings (SSSR count). The molecule has 15 heavy (non-hydrogen) atoms. The van der Waals surface area contributed by atoms with Crippen molar-refractivity contribution in [1.82, 2.24) is 4.90 Å². The molecule has 2 N–H and O–H groups in total. The SMILES string of the molecule is CCC1(N)CN(Cc2cccc(C)c2)C1. The summed E-state index contributed by atoms with van der Waals surface area (Å²) in [5.74, 6) is 0. The van der Waals surface area contributed by atoms with Crippen molar-refractivity contribution in [3.05, 3.63) is 35.4 Å². The summed E-state index contributed by atoms with van der Waals surface area (Å²) in [6.45, 7) is 7.43. The van der Waals surface area contributed by atoms with Crippen LogP contribution < -0.4 is 5.73 Å². The van der Waals surface area contributed by atoms with E-state index in [0.717, 1.165) is 26.1 Å². The van der Waals surface area contributed by atoms with Crippen molar-refractivity contribution < 1.29 is 0 Å². The first-order valence-electron chi connectivity index (χ1n) is 5.68. The molecule has 0 spiro atoms. The average molecular weight is 204 g/mol. The molecule has 1 heterocycles. The fourth-order valence-electron chi connectivity index (χ4n) is 2.25. The van der Waals surface area contributed by atoms with Crippen molar-refractivity contribution in [2.45, 2.75) is 32.4 Å². The number of nitrogens with zero attached hydrogens (tertiary/aromatic N) is 1. The fraction of sp³-hybridized carbons (Fsp3) is 0.538. The Morgan fingerprint density at radius 3 is 2.73 bits per heavy atom. The maximum atomic E-state index is 6.13. The van der Waals surface area contributed by atoms with Gasteiger partial charge in [-0.1, -0.05) is 36.8 Å². The minimum absolute atomic E-state index is 0.0871. The van der Waals surface area contributed by atoms with Gasteiger partial charge in [-0.25, -0.2) is 0 Å². The number of likely N-dealkylation sites (tertiary alicyclic amines) is 1. The van der Waals surface area contributed by atoms with E-state index in [-0.39, 0.29) is 5.54 Å². The van der Waals surface area contributed by atoms with E-state index >= 15 is 0 Å². The molecule has 1 aromatic carbocycles. The third-order valence-corrected chi connectivity index (χ3v) is 3.27. The molecule has 0 saturated carbocycles. The Hall–Kier alpha value is -0.860. The van der Waals surface area contributed by atoms with E-state index in [2.05, 4.69) is 43.0 Å². The van der Waals surface area contributed by atoms with E-state index in [1.165, 1.54) is 11.1 Å². The highest BCUT2D eigenvalue weighted by Gasteiger charge is 2.37. The largest absolute Gasteiger partial charge is 0.323 e. The average Bonchev–Trinajstić information content (AvgIpc) is 2.15. The summed E-state index contributed by atoms with van der Waals surface area (Å²) in [7, 11) is 0. The molecule has 0 aromatic heterocycles. The standard InChI is InChI=1S/C13H20N2/c1-3-13(14)9-15(10-13)8-12-6-4-5-11(2)7-12/h4-7H,3,8-10,14H2,1-2H3. The summed E-state index contributed by atoms with van der Waals surface area (Å²) in [5, 5.41) is 0. The van der Waals surface area contributed by atoms with Gasteiger partial charge < -0.3 is 5.73 Å². The van der Waals surface area contributed by atoms with E-state index < -0.39 is 0 Å². The Kier molecular flexibility index (Phi) is 2.81. The van der Waals surface area contributed by atoms with Crippen LogP contribution >= 0.6 is 0 Å². The lowest BCUT2D eigenvalue weighted by Crippen LogP contribution is -2.66. The second kappa shape index (κ2) is 3.95.